The van der Waals surface area contributed by atoms with Crippen LogP contribution in [0.4, 0.5) is 0 Å². The zero-order chi connectivity index (χ0) is 13.3. The molecule has 0 amide bonds. The van der Waals surface area contributed by atoms with Crippen LogP contribution < -0.4 is 0 Å². The Bertz CT molecular complexity index is 418. The molecule has 0 aromatic carbocycles. The molecule has 1 fully saturated rings. The maximum atomic E-state index is 11.2. The van der Waals surface area contributed by atoms with Crippen molar-refractivity contribution in [1.82, 2.24) is 9.78 Å². The highest BCUT2D eigenvalue weighted by Gasteiger charge is 2.44. The largest absolute Gasteiger partial charge is 0.383 e. The lowest BCUT2D eigenvalue weighted by Crippen LogP contribution is -2.42. The number of aliphatic hydroxyl groups is 1. The minimum absolute atomic E-state index is 0.273. The molecule has 1 aliphatic rings. The molecule has 1 heterocycles. The smallest absolute Gasteiger partial charge is 0.110 e. The highest BCUT2D eigenvalue weighted by molar-refractivity contribution is 9.10. The molecule has 4 heteroatoms. The molecule has 1 aromatic heterocycles. The summed E-state index contributed by atoms with van der Waals surface area (Å²) in [5.74, 6) is 0.829. The molecule has 0 radical (unpaired) electrons. The van der Waals surface area contributed by atoms with E-state index in [1.54, 1.807) is 0 Å². The van der Waals surface area contributed by atoms with E-state index in [1.165, 1.54) is 6.42 Å². The zero-order valence-electron chi connectivity index (χ0n) is 11.5. The summed E-state index contributed by atoms with van der Waals surface area (Å²) >= 11 is 3.56. The third kappa shape index (κ3) is 2.25. The minimum Gasteiger partial charge on any atom is -0.383 e. The number of hydrogen-bond acceptors (Lipinski definition) is 2. The van der Waals surface area contributed by atoms with Gasteiger partial charge >= 0.3 is 0 Å². The highest BCUT2D eigenvalue weighted by atomic mass is 79.9. The molecule has 0 spiro atoms. The van der Waals surface area contributed by atoms with Crippen molar-refractivity contribution in [3.63, 3.8) is 0 Å². The third-order valence-electron chi connectivity index (χ3n) is 4.46. The van der Waals surface area contributed by atoms with Crippen molar-refractivity contribution in [2.75, 3.05) is 0 Å². The normalized spacial score (nSPS) is 32.7. The van der Waals surface area contributed by atoms with Gasteiger partial charge in [0.1, 0.15) is 5.60 Å². The van der Waals surface area contributed by atoms with Crippen LogP contribution in [-0.2, 0) is 12.1 Å². The quantitative estimate of drug-likeness (QED) is 0.923. The van der Waals surface area contributed by atoms with Gasteiger partial charge in [0, 0.05) is 6.54 Å². The molecule has 0 aliphatic heterocycles. The van der Waals surface area contributed by atoms with Crippen LogP contribution in [-0.4, -0.2) is 14.9 Å². The van der Waals surface area contributed by atoms with Crippen LogP contribution in [0.2, 0.25) is 0 Å². The van der Waals surface area contributed by atoms with E-state index in [2.05, 4.69) is 41.8 Å². The standard InChI is InChI=1S/C14H23BrN2O/c1-4-8-17-13(12(15)9-16-17)14(18)7-5-6-10(2)11(14)3/h9-11,18H,4-8H2,1-3H3. The molecule has 0 bridgehead atoms. The summed E-state index contributed by atoms with van der Waals surface area (Å²) in [5.41, 5.74) is 0.241. The van der Waals surface area contributed by atoms with E-state index in [0.29, 0.717) is 5.92 Å². The van der Waals surface area contributed by atoms with Gasteiger partial charge in [0.2, 0.25) is 0 Å². The van der Waals surface area contributed by atoms with Crippen LogP contribution in [0.1, 0.15) is 52.1 Å². The van der Waals surface area contributed by atoms with Gasteiger partial charge in [-0.15, -0.1) is 0 Å². The minimum atomic E-state index is -0.734. The van der Waals surface area contributed by atoms with Gasteiger partial charge in [0.25, 0.3) is 0 Å². The second-order valence-electron chi connectivity index (χ2n) is 5.65. The molecule has 18 heavy (non-hydrogen) atoms. The van der Waals surface area contributed by atoms with Gasteiger partial charge in [0.05, 0.1) is 16.4 Å². The van der Waals surface area contributed by atoms with Crippen LogP contribution in [0.15, 0.2) is 10.7 Å². The Morgan fingerprint density at radius 1 is 1.56 bits per heavy atom. The Kier molecular flexibility index (Phi) is 4.17. The fourth-order valence-electron chi connectivity index (χ4n) is 3.15. The summed E-state index contributed by atoms with van der Waals surface area (Å²) in [6.45, 7) is 7.41. The maximum absolute atomic E-state index is 11.2. The lowest BCUT2D eigenvalue weighted by Gasteiger charge is -2.42. The monoisotopic (exact) mass is 314 g/mol. The second-order valence-corrected chi connectivity index (χ2v) is 6.50. The van der Waals surface area contributed by atoms with E-state index in [1.807, 2.05) is 10.9 Å². The van der Waals surface area contributed by atoms with Gasteiger partial charge in [-0.3, -0.25) is 4.68 Å². The lowest BCUT2D eigenvalue weighted by atomic mass is 9.69. The molecule has 3 atom stereocenters. The number of aryl methyl sites for hydroxylation is 1. The number of aromatic nitrogens is 2. The predicted molar refractivity (Wildman–Crippen MR) is 76.3 cm³/mol. The highest BCUT2D eigenvalue weighted by Crippen LogP contribution is 2.46. The van der Waals surface area contributed by atoms with Crippen molar-refractivity contribution in [3.8, 4) is 0 Å². The fourth-order valence-corrected chi connectivity index (χ4v) is 3.79. The van der Waals surface area contributed by atoms with Crippen molar-refractivity contribution in [2.45, 2.75) is 58.6 Å². The van der Waals surface area contributed by atoms with Crippen molar-refractivity contribution in [1.29, 1.82) is 0 Å². The average Bonchev–Trinajstić information content (AvgIpc) is 2.69. The summed E-state index contributed by atoms with van der Waals surface area (Å²) < 4.78 is 2.91. The molecule has 102 valence electrons. The van der Waals surface area contributed by atoms with Gasteiger partial charge < -0.3 is 5.11 Å². The van der Waals surface area contributed by atoms with Crippen molar-refractivity contribution < 1.29 is 5.11 Å². The average molecular weight is 315 g/mol. The molecule has 1 aliphatic carbocycles. The van der Waals surface area contributed by atoms with Crippen molar-refractivity contribution >= 4 is 15.9 Å². The first-order valence-electron chi connectivity index (χ1n) is 6.94. The Hall–Kier alpha value is -0.350. The lowest BCUT2D eigenvalue weighted by molar-refractivity contribution is -0.0758. The first-order valence-corrected chi connectivity index (χ1v) is 7.74. The fraction of sp³-hybridized carbons (Fsp3) is 0.786. The topological polar surface area (TPSA) is 38.0 Å². The molecular weight excluding hydrogens is 292 g/mol. The van der Waals surface area contributed by atoms with E-state index in [4.69, 9.17) is 0 Å². The number of hydrogen-bond donors (Lipinski definition) is 1. The Morgan fingerprint density at radius 3 is 2.94 bits per heavy atom. The summed E-state index contributed by atoms with van der Waals surface area (Å²) in [6, 6.07) is 0. The SMILES string of the molecule is CCCn1ncc(Br)c1C1(O)CCCC(C)C1C. The van der Waals surface area contributed by atoms with Crippen molar-refractivity contribution in [3.05, 3.63) is 16.4 Å². The van der Waals surface area contributed by atoms with Gasteiger partial charge in [-0.25, -0.2) is 0 Å². The van der Waals surface area contributed by atoms with Crippen LogP contribution in [0, 0.1) is 11.8 Å². The van der Waals surface area contributed by atoms with E-state index in [9.17, 15) is 5.11 Å². The molecule has 2 rings (SSSR count). The van der Waals surface area contributed by atoms with Crippen LogP contribution >= 0.6 is 15.9 Å². The zero-order valence-corrected chi connectivity index (χ0v) is 13.1. The van der Waals surface area contributed by atoms with Crippen LogP contribution in [0.3, 0.4) is 0 Å². The van der Waals surface area contributed by atoms with Crippen molar-refractivity contribution in [2.24, 2.45) is 11.8 Å². The molecular formula is C14H23BrN2O. The number of nitrogens with zero attached hydrogens (tertiary/aromatic N) is 2. The Balaban J connectivity index is 2.42. The van der Waals surface area contributed by atoms with E-state index >= 15 is 0 Å². The molecule has 1 N–H and O–H groups in total. The first-order chi connectivity index (χ1) is 8.50. The molecule has 3 unspecified atom stereocenters. The summed E-state index contributed by atoms with van der Waals surface area (Å²) in [7, 11) is 0. The molecule has 1 saturated carbocycles. The number of rotatable bonds is 3. The van der Waals surface area contributed by atoms with Crippen LogP contribution in [0.25, 0.3) is 0 Å². The first kappa shape index (κ1) is 14.1. The number of halogens is 1. The Morgan fingerprint density at radius 2 is 2.28 bits per heavy atom. The van der Waals surface area contributed by atoms with Gasteiger partial charge in [-0.05, 0) is 47.0 Å². The molecule has 0 saturated heterocycles. The summed E-state index contributed by atoms with van der Waals surface area (Å²) in [4.78, 5) is 0. The molecule has 3 nitrogen and oxygen atoms in total. The second kappa shape index (κ2) is 5.33. The Labute approximate surface area is 118 Å². The van der Waals surface area contributed by atoms with E-state index in [0.717, 1.165) is 36.0 Å². The predicted octanol–water partition coefficient (Wildman–Crippen LogP) is 3.70. The van der Waals surface area contributed by atoms with Gasteiger partial charge in [-0.1, -0.05) is 27.2 Å². The van der Waals surface area contributed by atoms with E-state index in [-0.39, 0.29) is 5.92 Å². The summed E-state index contributed by atoms with van der Waals surface area (Å²) in [5, 5.41) is 15.6. The van der Waals surface area contributed by atoms with Crippen LogP contribution in [0.5, 0.6) is 0 Å². The maximum Gasteiger partial charge on any atom is 0.110 e. The van der Waals surface area contributed by atoms with E-state index < -0.39 is 5.60 Å². The van der Waals surface area contributed by atoms with Gasteiger partial charge in [0.15, 0.2) is 0 Å². The summed E-state index contributed by atoms with van der Waals surface area (Å²) in [6.07, 6.45) is 5.98. The molecule has 1 aromatic rings. The van der Waals surface area contributed by atoms with Gasteiger partial charge in [-0.2, -0.15) is 5.10 Å². The third-order valence-corrected chi connectivity index (χ3v) is 5.04.